The van der Waals surface area contributed by atoms with Crippen molar-refractivity contribution in [1.29, 1.82) is 0 Å². The highest BCUT2D eigenvalue weighted by Crippen LogP contribution is 2.35. The fourth-order valence-electron chi connectivity index (χ4n) is 2.65. The Kier molecular flexibility index (Phi) is 5.40. The Balaban J connectivity index is 1.57. The summed E-state index contributed by atoms with van der Waals surface area (Å²) in [5, 5.41) is 3.17. The minimum atomic E-state index is -0.329. The zero-order chi connectivity index (χ0) is 17.6. The first-order valence-electron chi connectivity index (χ1n) is 8.28. The van der Waals surface area contributed by atoms with Crippen molar-refractivity contribution in [2.24, 2.45) is 5.73 Å². The molecule has 0 saturated heterocycles. The zero-order valence-corrected chi connectivity index (χ0v) is 14.2. The van der Waals surface area contributed by atoms with Crippen molar-refractivity contribution in [3.05, 3.63) is 53.6 Å². The molecule has 0 spiro atoms. The van der Waals surface area contributed by atoms with Gasteiger partial charge < -0.3 is 25.3 Å². The fraction of sp³-hybridized carbons (Fsp3) is 0.316. The fourth-order valence-corrected chi connectivity index (χ4v) is 2.65. The number of benzene rings is 2. The molecule has 3 N–H and O–H groups in total. The molecule has 3 rings (SSSR count). The summed E-state index contributed by atoms with van der Waals surface area (Å²) in [7, 11) is 0. The van der Waals surface area contributed by atoms with Crippen LogP contribution in [0.15, 0.2) is 42.5 Å². The molecule has 132 valence electrons. The summed E-state index contributed by atoms with van der Waals surface area (Å²) in [6.45, 7) is 3.20. The highest BCUT2D eigenvalue weighted by molar-refractivity contribution is 5.79. The predicted octanol–water partition coefficient (Wildman–Crippen LogP) is 2.35. The van der Waals surface area contributed by atoms with Gasteiger partial charge in [-0.15, -0.1) is 0 Å². The Morgan fingerprint density at radius 1 is 1.20 bits per heavy atom. The summed E-state index contributed by atoms with van der Waals surface area (Å²) >= 11 is 0. The summed E-state index contributed by atoms with van der Waals surface area (Å²) in [5.41, 5.74) is 7.47. The first-order valence-corrected chi connectivity index (χ1v) is 8.28. The van der Waals surface area contributed by atoms with Gasteiger partial charge in [-0.3, -0.25) is 4.79 Å². The summed E-state index contributed by atoms with van der Waals surface area (Å²) in [5.74, 6) is 1.84. The van der Waals surface area contributed by atoms with Crippen LogP contribution in [-0.2, 0) is 17.9 Å². The van der Waals surface area contributed by atoms with Gasteiger partial charge in [-0.25, -0.2) is 0 Å². The number of amides is 1. The van der Waals surface area contributed by atoms with Crippen molar-refractivity contribution in [2.75, 3.05) is 6.79 Å². The van der Waals surface area contributed by atoms with Crippen LogP contribution < -0.4 is 25.3 Å². The third kappa shape index (κ3) is 4.42. The monoisotopic (exact) mass is 342 g/mol. The van der Waals surface area contributed by atoms with Gasteiger partial charge in [0.15, 0.2) is 11.5 Å². The Bertz CT molecular complexity index is 748. The van der Waals surface area contributed by atoms with Crippen LogP contribution in [-0.4, -0.2) is 18.7 Å². The lowest BCUT2D eigenvalue weighted by Gasteiger charge is -2.14. The SMILES string of the molecule is CC[C@H](NCc1cccc(COc2ccc3c(c2)OCO3)c1)C(N)=O. The molecule has 2 aromatic rings. The Labute approximate surface area is 146 Å². The highest BCUT2D eigenvalue weighted by atomic mass is 16.7. The van der Waals surface area contributed by atoms with E-state index in [-0.39, 0.29) is 18.7 Å². The second-order valence-corrected chi connectivity index (χ2v) is 5.87. The van der Waals surface area contributed by atoms with E-state index in [9.17, 15) is 4.79 Å². The number of nitrogens with one attached hydrogen (secondary N) is 1. The third-order valence-corrected chi connectivity index (χ3v) is 4.05. The molecular weight excluding hydrogens is 320 g/mol. The number of ether oxygens (including phenoxy) is 3. The van der Waals surface area contributed by atoms with Crippen molar-refractivity contribution in [3.63, 3.8) is 0 Å². The Morgan fingerprint density at radius 2 is 2.00 bits per heavy atom. The van der Waals surface area contributed by atoms with Crippen LogP contribution in [0.25, 0.3) is 0 Å². The summed E-state index contributed by atoms with van der Waals surface area (Å²) in [6.07, 6.45) is 0.669. The number of carbonyl (C=O) groups is 1. The molecule has 0 saturated carbocycles. The van der Waals surface area contributed by atoms with Gasteiger partial charge in [0.2, 0.25) is 12.7 Å². The van der Waals surface area contributed by atoms with Crippen LogP contribution in [0.3, 0.4) is 0 Å². The van der Waals surface area contributed by atoms with Crippen LogP contribution >= 0.6 is 0 Å². The maximum absolute atomic E-state index is 11.3. The number of primary amides is 1. The second kappa shape index (κ2) is 7.90. The maximum Gasteiger partial charge on any atom is 0.234 e. The van der Waals surface area contributed by atoms with Gasteiger partial charge in [0.05, 0.1) is 6.04 Å². The number of carbonyl (C=O) groups excluding carboxylic acids is 1. The van der Waals surface area contributed by atoms with Crippen LogP contribution in [0, 0.1) is 0 Å². The van der Waals surface area contributed by atoms with Crippen LogP contribution in [0.5, 0.6) is 17.2 Å². The Hall–Kier alpha value is -2.73. The summed E-state index contributed by atoms with van der Waals surface area (Å²) < 4.78 is 16.5. The molecule has 1 atom stereocenters. The smallest absolute Gasteiger partial charge is 0.234 e. The minimum Gasteiger partial charge on any atom is -0.489 e. The first-order chi connectivity index (χ1) is 12.2. The minimum absolute atomic E-state index is 0.248. The second-order valence-electron chi connectivity index (χ2n) is 5.87. The van der Waals surface area contributed by atoms with Gasteiger partial charge in [0.1, 0.15) is 12.4 Å². The maximum atomic E-state index is 11.3. The van der Waals surface area contributed by atoms with E-state index in [1.807, 2.05) is 49.4 Å². The molecule has 1 amide bonds. The normalized spacial score (nSPS) is 13.5. The van der Waals surface area contributed by atoms with Crippen molar-refractivity contribution in [1.82, 2.24) is 5.32 Å². The molecule has 0 radical (unpaired) electrons. The summed E-state index contributed by atoms with van der Waals surface area (Å²) in [4.78, 5) is 11.3. The molecule has 0 unspecified atom stereocenters. The van der Waals surface area contributed by atoms with E-state index in [1.54, 1.807) is 0 Å². The van der Waals surface area contributed by atoms with Crippen molar-refractivity contribution < 1.29 is 19.0 Å². The quantitative estimate of drug-likeness (QED) is 0.769. The van der Waals surface area contributed by atoms with Gasteiger partial charge in [-0.2, -0.15) is 0 Å². The average Bonchev–Trinajstić information content (AvgIpc) is 3.08. The van der Waals surface area contributed by atoms with E-state index in [2.05, 4.69) is 5.32 Å². The largest absolute Gasteiger partial charge is 0.489 e. The van der Waals surface area contributed by atoms with E-state index >= 15 is 0 Å². The molecule has 0 aliphatic carbocycles. The van der Waals surface area contributed by atoms with Gasteiger partial charge in [-0.05, 0) is 29.7 Å². The lowest BCUT2D eigenvalue weighted by atomic mass is 10.1. The van der Waals surface area contributed by atoms with Crippen LogP contribution in [0.2, 0.25) is 0 Å². The van der Waals surface area contributed by atoms with Gasteiger partial charge in [0, 0.05) is 12.6 Å². The molecule has 6 nitrogen and oxygen atoms in total. The van der Waals surface area contributed by atoms with E-state index in [0.29, 0.717) is 25.3 Å². The lowest BCUT2D eigenvalue weighted by Crippen LogP contribution is -2.40. The molecule has 1 heterocycles. The number of rotatable bonds is 8. The number of hydrogen-bond acceptors (Lipinski definition) is 5. The van der Waals surface area contributed by atoms with Gasteiger partial charge in [0.25, 0.3) is 0 Å². The lowest BCUT2D eigenvalue weighted by molar-refractivity contribution is -0.120. The molecule has 1 aliphatic heterocycles. The zero-order valence-electron chi connectivity index (χ0n) is 14.2. The molecular formula is C19H22N2O4. The molecule has 2 aromatic carbocycles. The van der Waals surface area contributed by atoms with E-state index in [1.165, 1.54) is 0 Å². The molecule has 25 heavy (non-hydrogen) atoms. The average molecular weight is 342 g/mol. The Morgan fingerprint density at radius 3 is 2.80 bits per heavy atom. The molecule has 0 bridgehead atoms. The number of hydrogen-bond donors (Lipinski definition) is 2. The topological polar surface area (TPSA) is 82.8 Å². The number of nitrogens with two attached hydrogens (primary N) is 1. The first kappa shape index (κ1) is 17.1. The molecule has 1 aliphatic rings. The van der Waals surface area contributed by atoms with E-state index in [0.717, 1.165) is 22.6 Å². The molecule has 0 aromatic heterocycles. The standard InChI is InChI=1S/C19H22N2O4/c1-2-16(19(20)22)21-10-13-4-3-5-14(8-13)11-23-15-6-7-17-18(9-15)25-12-24-17/h3-9,16,21H,2,10-12H2,1H3,(H2,20,22)/t16-/m0/s1. The van der Waals surface area contributed by atoms with E-state index < -0.39 is 0 Å². The third-order valence-electron chi connectivity index (χ3n) is 4.05. The van der Waals surface area contributed by atoms with Crippen molar-refractivity contribution >= 4 is 5.91 Å². The summed E-state index contributed by atoms with van der Waals surface area (Å²) in [6, 6.07) is 13.2. The highest BCUT2D eigenvalue weighted by Gasteiger charge is 2.14. The number of fused-ring (bicyclic) bond motifs is 1. The molecule has 6 heteroatoms. The van der Waals surface area contributed by atoms with Crippen molar-refractivity contribution in [3.8, 4) is 17.2 Å². The van der Waals surface area contributed by atoms with Crippen LogP contribution in [0.4, 0.5) is 0 Å². The van der Waals surface area contributed by atoms with Crippen molar-refractivity contribution in [2.45, 2.75) is 32.5 Å². The van der Waals surface area contributed by atoms with Gasteiger partial charge >= 0.3 is 0 Å². The van der Waals surface area contributed by atoms with Crippen LogP contribution in [0.1, 0.15) is 24.5 Å². The molecule has 0 fully saturated rings. The van der Waals surface area contributed by atoms with Gasteiger partial charge in [-0.1, -0.05) is 31.2 Å². The van der Waals surface area contributed by atoms with E-state index in [4.69, 9.17) is 19.9 Å². The predicted molar refractivity (Wildman–Crippen MR) is 93.5 cm³/mol.